The maximum Gasteiger partial charge on any atom is 0.490 e. The smallest absolute Gasteiger partial charge is 0.475 e. The standard InChI is InChI=1S/C21H24ClN9O3S.C2HF3O2/c1-11(26-21(32)16-19(23)28-31-6-3-5-24-20(16)31)13-8-15(22)14-9-25-27-17(14)18(13)30-7-4-12(10-30)29-35(2,33)34;3-2(4,5)1(6)7/h3,5-6,8-9,11-12,29H,4,7,10H2,1-2H3,(H2,23,28)(H,25,27)(H,26,32);(H,6,7)/t11?,12-;/m0./s1. The molecule has 1 unspecified atom stereocenters. The fraction of sp³-hybridized carbons (Fsp3) is 0.348. The minimum Gasteiger partial charge on any atom is -0.475 e. The summed E-state index contributed by atoms with van der Waals surface area (Å²) in [7, 11) is -3.34. The number of fused-ring (bicyclic) bond motifs is 2. The molecule has 1 aliphatic rings. The molecular weight excluding hydrogens is 607 g/mol. The Balaban J connectivity index is 0.000000517. The van der Waals surface area contributed by atoms with Crippen molar-refractivity contribution < 1.29 is 36.3 Å². The number of carboxylic acids is 1. The first kappa shape index (κ1) is 30.8. The number of benzene rings is 1. The van der Waals surface area contributed by atoms with E-state index in [1.807, 2.05) is 6.92 Å². The summed E-state index contributed by atoms with van der Waals surface area (Å²) >= 11 is 6.56. The monoisotopic (exact) mass is 631 g/mol. The van der Waals surface area contributed by atoms with Crippen LogP contribution in [0.4, 0.5) is 24.7 Å². The number of halogens is 4. The van der Waals surface area contributed by atoms with Crippen molar-refractivity contribution in [2.75, 3.05) is 30.0 Å². The molecule has 0 bridgehead atoms. The summed E-state index contributed by atoms with van der Waals surface area (Å²) < 4.78 is 59.3. The highest BCUT2D eigenvalue weighted by molar-refractivity contribution is 7.88. The van der Waals surface area contributed by atoms with Crippen LogP contribution < -0.4 is 20.7 Å². The molecule has 2 atom stereocenters. The van der Waals surface area contributed by atoms with Crippen molar-refractivity contribution in [3.8, 4) is 0 Å². The number of nitrogens with zero attached hydrogens (tertiary/aromatic N) is 5. The highest BCUT2D eigenvalue weighted by Crippen LogP contribution is 2.39. The molecule has 1 aliphatic heterocycles. The first-order valence-electron chi connectivity index (χ1n) is 12.1. The number of alkyl halides is 3. The van der Waals surface area contributed by atoms with Crippen molar-refractivity contribution >= 4 is 61.6 Å². The van der Waals surface area contributed by atoms with E-state index < -0.39 is 34.1 Å². The molecule has 0 radical (unpaired) electrons. The molecule has 0 saturated carbocycles. The molecule has 14 nitrogen and oxygen atoms in total. The van der Waals surface area contributed by atoms with Crippen LogP contribution in [0.3, 0.4) is 0 Å². The number of amides is 1. The number of sulfonamides is 1. The molecule has 1 saturated heterocycles. The van der Waals surface area contributed by atoms with E-state index in [4.69, 9.17) is 27.2 Å². The Hall–Kier alpha value is -4.16. The number of nitrogen functional groups attached to an aromatic ring is 1. The van der Waals surface area contributed by atoms with E-state index in [1.165, 1.54) is 4.52 Å². The summed E-state index contributed by atoms with van der Waals surface area (Å²) in [4.78, 5) is 28.4. The van der Waals surface area contributed by atoms with Crippen molar-refractivity contribution in [3.05, 3.63) is 46.9 Å². The van der Waals surface area contributed by atoms with Gasteiger partial charge in [-0.1, -0.05) is 11.6 Å². The van der Waals surface area contributed by atoms with E-state index in [2.05, 4.69) is 35.2 Å². The molecule has 1 aromatic carbocycles. The van der Waals surface area contributed by atoms with Crippen LogP contribution in [0.1, 0.15) is 35.3 Å². The van der Waals surface area contributed by atoms with E-state index in [9.17, 15) is 26.4 Å². The zero-order chi connectivity index (χ0) is 31.0. The van der Waals surface area contributed by atoms with Crippen molar-refractivity contribution in [2.24, 2.45) is 0 Å². The van der Waals surface area contributed by atoms with E-state index >= 15 is 0 Å². The fourth-order valence-electron chi connectivity index (χ4n) is 4.56. The molecule has 0 spiro atoms. The van der Waals surface area contributed by atoms with Crippen LogP contribution in [0.5, 0.6) is 0 Å². The van der Waals surface area contributed by atoms with Crippen LogP contribution in [-0.4, -0.2) is 81.8 Å². The van der Waals surface area contributed by atoms with E-state index in [1.54, 1.807) is 30.7 Å². The van der Waals surface area contributed by atoms with Gasteiger partial charge in [-0.05, 0) is 25.5 Å². The predicted molar refractivity (Wildman–Crippen MR) is 147 cm³/mol. The van der Waals surface area contributed by atoms with Crippen LogP contribution in [0.25, 0.3) is 16.6 Å². The topological polar surface area (TPSA) is 201 Å². The highest BCUT2D eigenvalue weighted by Gasteiger charge is 2.38. The average molecular weight is 632 g/mol. The summed E-state index contributed by atoms with van der Waals surface area (Å²) in [5, 5.41) is 22.7. The largest absolute Gasteiger partial charge is 0.490 e. The number of nitrogens with one attached hydrogen (secondary N) is 3. The van der Waals surface area contributed by atoms with Gasteiger partial charge in [0.25, 0.3) is 5.91 Å². The Labute approximate surface area is 241 Å². The van der Waals surface area contributed by atoms with Gasteiger partial charge in [0.2, 0.25) is 10.0 Å². The Kier molecular flexibility index (Phi) is 8.51. The molecule has 0 aliphatic carbocycles. The lowest BCUT2D eigenvalue weighted by Crippen LogP contribution is -2.36. The number of rotatable bonds is 6. The van der Waals surface area contributed by atoms with Crippen LogP contribution in [0, 0.1) is 0 Å². The molecule has 1 amide bonds. The maximum absolute atomic E-state index is 13.2. The summed E-state index contributed by atoms with van der Waals surface area (Å²) in [6.07, 6.45) is 1.63. The van der Waals surface area contributed by atoms with E-state index in [0.29, 0.717) is 35.7 Å². The number of carbonyl (C=O) groups is 2. The molecular formula is C23H25ClF3N9O5S. The quantitative estimate of drug-likeness (QED) is 0.210. The second kappa shape index (κ2) is 11.6. The van der Waals surface area contributed by atoms with Gasteiger partial charge in [0.15, 0.2) is 11.5 Å². The van der Waals surface area contributed by atoms with Crippen LogP contribution in [-0.2, 0) is 14.8 Å². The van der Waals surface area contributed by atoms with Gasteiger partial charge in [-0.2, -0.15) is 18.3 Å². The van der Waals surface area contributed by atoms with Gasteiger partial charge in [0, 0.05) is 48.7 Å². The fourth-order valence-corrected chi connectivity index (χ4v) is 5.62. The second-order valence-electron chi connectivity index (χ2n) is 9.41. The van der Waals surface area contributed by atoms with E-state index in [-0.39, 0.29) is 17.4 Å². The van der Waals surface area contributed by atoms with Crippen molar-refractivity contribution in [2.45, 2.75) is 31.6 Å². The third-order valence-corrected chi connectivity index (χ3v) is 7.34. The normalized spacial score (nSPS) is 16.3. The SMILES string of the molecule is CC(NC(=O)c1c(N)nn2cccnc12)c1cc(Cl)c2c[nH]nc2c1N1CC[C@H](NS(C)(=O)=O)C1.O=C(O)C(F)(F)F. The summed E-state index contributed by atoms with van der Waals surface area (Å²) in [5.41, 5.74) is 8.72. The molecule has 3 aromatic heterocycles. The molecule has 42 heavy (non-hydrogen) atoms. The van der Waals surface area contributed by atoms with Crippen LogP contribution in [0.15, 0.2) is 30.7 Å². The average Bonchev–Trinajstić information content (AvgIpc) is 3.61. The van der Waals surface area contributed by atoms with Crippen molar-refractivity contribution in [1.29, 1.82) is 0 Å². The van der Waals surface area contributed by atoms with Gasteiger partial charge in [-0.3, -0.25) is 9.89 Å². The molecule has 5 rings (SSSR count). The second-order valence-corrected chi connectivity index (χ2v) is 11.6. The number of carboxylic acid groups (broad SMARTS) is 1. The number of aliphatic carboxylic acids is 1. The summed E-state index contributed by atoms with van der Waals surface area (Å²) in [6.45, 7) is 2.90. The van der Waals surface area contributed by atoms with Gasteiger partial charge in [-0.15, -0.1) is 5.10 Å². The Bertz CT molecular complexity index is 1760. The Morgan fingerprint density at radius 1 is 1.33 bits per heavy atom. The number of anilines is 2. The van der Waals surface area contributed by atoms with Crippen LogP contribution >= 0.6 is 11.6 Å². The first-order chi connectivity index (χ1) is 19.6. The number of aromatic amines is 1. The van der Waals surface area contributed by atoms with Gasteiger partial charge >= 0.3 is 12.1 Å². The third-order valence-electron chi connectivity index (χ3n) is 6.27. The number of hydrogen-bond donors (Lipinski definition) is 5. The summed E-state index contributed by atoms with van der Waals surface area (Å²) in [6, 6.07) is 2.77. The zero-order valence-corrected chi connectivity index (χ0v) is 23.5. The number of hydrogen-bond acceptors (Lipinski definition) is 9. The lowest BCUT2D eigenvalue weighted by atomic mass is 10.0. The lowest BCUT2D eigenvalue weighted by molar-refractivity contribution is -0.192. The number of carbonyl (C=O) groups excluding carboxylic acids is 1. The van der Waals surface area contributed by atoms with Gasteiger partial charge < -0.3 is 21.1 Å². The van der Waals surface area contributed by atoms with Crippen molar-refractivity contribution in [3.63, 3.8) is 0 Å². The Morgan fingerprint density at radius 3 is 2.67 bits per heavy atom. The molecule has 19 heteroatoms. The molecule has 1 fully saturated rings. The summed E-state index contributed by atoms with van der Waals surface area (Å²) in [5.74, 6) is -3.11. The first-order valence-corrected chi connectivity index (χ1v) is 14.4. The molecule has 6 N–H and O–H groups in total. The van der Waals surface area contributed by atoms with Crippen molar-refractivity contribution in [1.82, 2.24) is 34.8 Å². The molecule has 4 heterocycles. The maximum atomic E-state index is 13.2. The van der Waals surface area contributed by atoms with Crippen LogP contribution in [0.2, 0.25) is 5.02 Å². The highest BCUT2D eigenvalue weighted by atomic mass is 35.5. The van der Waals surface area contributed by atoms with E-state index in [0.717, 1.165) is 22.9 Å². The minimum absolute atomic E-state index is 0.0728. The van der Waals surface area contributed by atoms with Gasteiger partial charge in [-0.25, -0.2) is 27.4 Å². The number of aromatic nitrogens is 5. The third kappa shape index (κ3) is 6.66. The minimum atomic E-state index is -5.08. The van der Waals surface area contributed by atoms with Gasteiger partial charge in [0.05, 0.1) is 23.0 Å². The predicted octanol–water partition coefficient (Wildman–Crippen LogP) is 2.09. The molecule has 226 valence electrons. The van der Waals surface area contributed by atoms with Gasteiger partial charge in [0.1, 0.15) is 11.1 Å². The Morgan fingerprint density at radius 2 is 2.02 bits per heavy atom. The number of nitrogens with two attached hydrogens (primary N) is 1. The lowest BCUT2D eigenvalue weighted by Gasteiger charge is -2.26. The molecule has 4 aromatic rings. The zero-order valence-electron chi connectivity index (χ0n) is 22.0. The number of H-pyrrole nitrogens is 1.